The summed E-state index contributed by atoms with van der Waals surface area (Å²) in [5.41, 5.74) is -0.741. The number of nitrogens with zero attached hydrogens (tertiary/aromatic N) is 2. The van der Waals surface area contributed by atoms with Gasteiger partial charge in [-0.2, -0.15) is 0 Å². The van der Waals surface area contributed by atoms with Gasteiger partial charge in [0.05, 0.1) is 5.54 Å². The van der Waals surface area contributed by atoms with Crippen molar-refractivity contribution in [2.75, 3.05) is 12.4 Å². The van der Waals surface area contributed by atoms with E-state index < -0.39 is 5.54 Å². The molecule has 5 heteroatoms. The molecule has 0 unspecified atom stereocenters. The fourth-order valence-electron chi connectivity index (χ4n) is 1.76. The molecule has 0 aliphatic carbocycles. The van der Waals surface area contributed by atoms with Crippen LogP contribution in [0.25, 0.3) is 0 Å². The summed E-state index contributed by atoms with van der Waals surface area (Å²) in [6, 6.07) is 2.06. The highest BCUT2D eigenvalue weighted by molar-refractivity contribution is 5.96. The van der Waals surface area contributed by atoms with Crippen LogP contribution in [0.3, 0.4) is 0 Å². The van der Waals surface area contributed by atoms with Crippen molar-refractivity contribution in [3.63, 3.8) is 0 Å². The molecule has 1 N–H and O–H groups in total. The predicted octanol–water partition coefficient (Wildman–Crippen LogP) is 3.03. The highest BCUT2D eigenvalue weighted by atomic mass is 16.5. The molecule has 0 bridgehead atoms. The van der Waals surface area contributed by atoms with Crippen LogP contribution in [-0.2, 0) is 10.2 Å². The van der Waals surface area contributed by atoms with E-state index in [4.69, 9.17) is 4.52 Å². The fourth-order valence-corrected chi connectivity index (χ4v) is 1.76. The second kappa shape index (κ2) is 5.56. The third-order valence-electron chi connectivity index (χ3n) is 3.70. The maximum atomic E-state index is 12.4. The Balaban J connectivity index is 2.83. The molecule has 0 aliphatic rings. The number of aromatic nitrogens is 1. The summed E-state index contributed by atoms with van der Waals surface area (Å²) in [6.07, 6.45) is 0. The Morgan fingerprint density at radius 3 is 2.25 bits per heavy atom. The average molecular weight is 281 g/mol. The average Bonchev–Trinajstić information content (AvgIpc) is 2.75. The van der Waals surface area contributed by atoms with Gasteiger partial charge in [-0.1, -0.05) is 25.9 Å². The summed E-state index contributed by atoms with van der Waals surface area (Å²) in [5, 5.41) is 6.74. The molecule has 0 radical (unpaired) electrons. The molecule has 0 atom stereocenters. The van der Waals surface area contributed by atoms with E-state index in [2.05, 4.69) is 24.3 Å². The summed E-state index contributed by atoms with van der Waals surface area (Å²) in [5.74, 6) is 1.12. The molecule has 1 rings (SSSR count). The van der Waals surface area contributed by atoms with Gasteiger partial charge in [-0.25, -0.2) is 0 Å². The van der Waals surface area contributed by atoms with Crippen LogP contribution in [0.4, 0.5) is 5.82 Å². The zero-order valence-electron chi connectivity index (χ0n) is 13.9. The molecule has 1 heterocycles. The Kier molecular flexibility index (Phi) is 4.64. The summed E-state index contributed by atoms with van der Waals surface area (Å²) in [7, 11) is 1.94. The molecule has 0 spiro atoms. The van der Waals surface area contributed by atoms with Gasteiger partial charge >= 0.3 is 0 Å². The number of carbonyl (C=O) groups is 1. The van der Waals surface area contributed by atoms with Crippen LogP contribution in [0.1, 0.15) is 54.2 Å². The lowest BCUT2D eigenvalue weighted by molar-refractivity contribution is -0.126. The van der Waals surface area contributed by atoms with E-state index in [0.29, 0.717) is 5.82 Å². The molecule has 114 valence electrons. The second-order valence-corrected chi connectivity index (χ2v) is 7.04. The highest BCUT2D eigenvalue weighted by Crippen LogP contribution is 2.25. The lowest BCUT2D eigenvalue weighted by atomic mass is 9.93. The maximum Gasteiger partial charge on any atom is 0.245 e. The van der Waals surface area contributed by atoms with E-state index in [1.807, 2.05) is 46.6 Å². The minimum absolute atomic E-state index is 0.0949. The van der Waals surface area contributed by atoms with Gasteiger partial charge in [0.1, 0.15) is 5.76 Å². The quantitative estimate of drug-likeness (QED) is 0.921. The van der Waals surface area contributed by atoms with E-state index in [1.165, 1.54) is 0 Å². The van der Waals surface area contributed by atoms with Crippen molar-refractivity contribution >= 4 is 11.7 Å². The Morgan fingerprint density at radius 2 is 1.85 bits per heavy atom. The summed E-state index contributed by atoms with van der Waals surface area (Å²) in [4.78, 5) is 14.4. The van der Waals surface area contributed by atoms with Gasteiger partial charge < -0.3 is 9.84 Å². The number of anilines is 1. The van der Waals surface area contributed by atoms with Crippen molar-refractivity contribution < 1.29 is 9.32 Å². The van der Waals surface area contributed by atoms with Gasteiger partial charge in [0.25, 0.3) is 0 Å². The van der Waals surface area contributed by atoms with Gasteiger partial charge in [-0.3, -0.25) is 9.69 Å². The molecule has 1 aromatic rings. The molecule has 0 saturated carbocycles. The van der Waals surface area contributed by atoms with Crippen LogP contribution in [-0.4, -0.2) is 34.6 Å². The molecule has 0 aliphatic heterocycles. The molecule has 20 heavy (non-hydrogen) atoms. The number of amides is 1. The topological polar surface area (TPSA) is 58.4 Å². The van der Waals surface area contributed by atoms with Crippen molar-refractivity contribution in [3.8, 4) is 0 Å². The lowest BCUT2D eigenvalue weighted by Crippen LogP contribution is -2.53. The predicted molar refractivity (Wildman–Crippen MR) is 80.8 cm³/mol. The first-order valence-electron chi connectivity index (χ1n) is 6.98. The third kappa shape index (κ3) is 3.60. The number of hydrogen-bond acceptors (Lipinski definition) is 4. The smallest absolute Gasteiger partial charge is 0.245 e. The number of carbonyl (C=O) groups excluding carboxylic acids is 1. The van der Waals surface area contributed by atoms with E-state index in [1.54, 1.807) is 6.07 Å². The number of hydrogen-bond donors (Lipinski definition) is 1. The molecular formula is C15H27N3O2. The van der Waals surface area contributed by atoms with E-state index in [-0.39, 0.29) is 17.4 Å². The van der Waals surface area contributed by atoms with Crippen LogP contribution in [0.15, 0.2) is 10.6 Å². The standard InChI is InChI=1S/C15H27N3O2/c1-10(2)18(8)15(6,7)13(19)16-12-9-11(20-17-12)14(3,4)5/h9-10H,1-8H3,(H,16,17,19). The van der Waals surface area contributed by atoms with Gasteiger partial charge in [-0.05, 0) is 34.7 Å². The summed E-state index contributed by atoms with van der Waals surface area (Å²) >= 11 is 0. The number of rotatable bonds is 4. The Hall–Kier alpha value is -1.36. The van der Waals surface area contributed by atoms with Crippen LogP contribution < -0.4 is 5.32 Å². The van der Waals surface area contributed by atoms with Crippen LogP contribution in [0.5, 0.6) is 0 Å². The van der Waals surface area contributed by atoms with Crippen LogP contribution in [0.2, 0.25) is 0 Å². The Bertz CT molecular complexity index is 470. The van der Waals surface area contributed by atoms with Crippen molar-refractivity contribution in [1.82, 2.24) is 10.1 Å². The number of likely N-dealkylation sites (N-methyl/N-ethyl adjacent to an activating group) is 1. The van der Waals surface area contributed by atoms with Crippen LogP contribution in [0, 0.1) is 0 Å². The van der Waals surface area contributed by atoms with Crippen molar-refractivity contribution in [3.05, 3.63) is 11.8 Å². The zero-order chi connectivity index (χ0) is 15.7. The van der Waals surface area contributed by atoms with Gasteiger partial charge in [-0.15, -0.1) is 0 Å². The minimum atomic E-state index is -0.616. The van der Waals surface area contributed by atoms with Crippen molar-refractivity contribution in [2.24, 2.45) is 0 Å². The molecule has 5 nitrogen and oxygen atoms in total. The third-order valence-corrected chi connectivity index (χ3v) is 3.70. The highest BCUT2D eigenvalue weighted by Gasteiger charge is 2.34. The van der Waals surface area contributed by atoms with Crippen molar-refractivity contribution in [2.45, 2.75) is 65.5 Å². The molecule has 1 amide bonds. The SMILES string of the molecule is CC(C)N(C)C(C)(C)C(=O)Nc1cc(C(C)(C)C)on1. The minimum Gasteiger partial charge on any atom is -0.359 e. The molecule has 0 aromatic carbocycles. The van der Waals surface area contributed by atoms with E-state index in [0.717, 1.165) is 5.76 Å². The molecule has 0 fully saturated rings. The largest absolute Gasteiger partial charge is 0.359 e. The van der Waals surface area contributed by atoms with E-state index in [9.17, 15) is 4.79 Å². The number of nitrogens with one attached hydrogen (secondary N) is 1. The first-order chi connectivity index (χ1) is 8.96. The fraction of sp³-hybridized carbons (Fsp3) is 0.733. The van der Waals surface area contributed by atoms with Crippen LogP contribution >= 0.6 is 0 Å². The zero-order valence-corrected chi connectivity index (χ0v) is 13.9. The lowest BCUT2D eigenvalue weighted by Gasteiger charge is -2.36. The maximum absolute atomic E-state index is 12.4. The summed E-state index contributed by atoms with van der Waals surface area (Å²) < 4.78 is 5.27. The summed E-state index contributed by atoms with van der Waals surface area (Å²) in [6.45, 7) is 14.0. The molecular weight excluding hydrogens is 254 g/mol. The first-order valence-corrected chi connectivity index (χ1v) is 6.98. The first kappa shape index (κ1) is 16.7. The Labute approximate surface area is 121 Å². The van der Waals surface area contributed by atoms with Gasteiger partial charge in [0.2, 0.25) is 5.91 Å². The second-order valence-electron chi connectivity index (χ2n) is 7.04. The molecule has 1 aromatic heterocycles. The normalized spacial score (nSPS) is 13.1. The van der Waals surface area contributed by atoms with Gasteiger partial charge in [0, 0.05) is 17.5 Å². The Morgan fingerprint density at radius 1 is 1.30 bits per heavy atom. The van der Waals surface area contributed by atoms with Gasteiger partial charge in [0.15, 0.2) is 5.82 Å². The van der Waals surface area contributed by atoms with E-state index >= 15 is 0 Å². The molecule has 0 saturated heterocycles. The monoisotopic (exact) mass is 281 g/mol. The van der Waals surface area contributed by atoms with Crippen molar-refractivity contribution in [1.29, 1.82) is 0 Å².